The Balaban J connectivity index is 2.15. The summed E-state index contributed by atoms with van der Waals surface area (Å²) in [7, 11) is 0. The molecule has 3 heteroatoms. The van der Waals surface area contributed by atoms with Crippen molar-refractivity contribution in [1.29, 1.82) is 0 Å². The molecule has 0 aliphatic carbocycles. The molecule has 0 radical (unpaired) electrons. The second-order valence-corrected chi connectivity index (χ2v) is 6.65. The van der Waals surface area contributed by atoms with Crippen molar-refractivity contribution in [2.45, 2.75) is 65.8 Å². The van der Waals surface area contributed by atoms with E-state index in [9.17, 15) is 4.79 Å². The lowest BCUT2D eigenvalue weighted by Crippen LogP contribution is -2.39. The molecule has 1 heterocycles. The van der Waals surface area contributed by atoms with Gasteiger partial charge in [-0.1, -0.05) is 27.7 Å². The standard InChI is InChI=1S/C16H32N2O/c1-13(2)5-6-16(19)18-11-8-15(9-12-18)7-10-17-14(3)4/h13-15,17H,5-12H2,1-4H3. The van der Waals surface area contributed by atoms with Crippen LogP contribution in [0, 0.1) is 11.8 Å². The van der Waals surface area contributed by atoms with E-state index in [2.05, 4.69) is 37.9 Å². The maximum Gasteiger partial charge on any atom is 0.222 e. The first-order chi connectivity index (χ1) is 8.99. The summed E-state index contributed by atoms with van der Waals surface area (Å²) in [4.78, 5) is 14.1. The van der Waals surface area contributed by atoms with E-state index in [-0.39, 0.29) is 0 Å². The van der Waals surface area contributed by atoms with E-state index >= 15 is 0 Å². The van der Waals surface area contributed by atoms with Crippen LogP contribution < -0.4 is 5.32 Å². The maximum atomic E-state index is 12.0. The number of nitrogens with zero attached hydrogens (tertiary/aromatic N) is 1. The highest BCUT2D eigenvalue weighted by Crippen LogP contribution is 2.21. The molecule has 1 aliphatic heterocycles. The van der Waals surface area contributed by atoms with Crippen molar-refractivity contribution in [2.75, 3.05) is 19.6 Å². The number of carbonyl (C=O) groups excluding carboxylic acids is 1. The zero-order valence-corrected chi connectivity index (χ0v) is 13.2. The predicted octanol–water partition coefficient (Wildman–Crippen LogP) is 3.05. The average molecular weight is 268 g/mol. The number of hydrogen-bond acceptors (Lipinski definition) is 2. The topological polar surface area (TPSA) is 32.3 Å². The second kappa shape index (κ2) is 8.57. The number of hydrogen-bond donors (Lipinski definition) is 1. The molecule has 0 aromatic rings. The fourth-order valence-electron chi connectivity index (χ4n) is 2.62. The number of amides is 1. The minimum atomic E-state index is 0.368. The zero-order valence-electron chi connectivity index (χ0n) is 13.2. The van der Waals surface area contributed by atoms with Crippen LogP contribution in [0.5, 0.6) is 0 Å². The van der Waals surface area contributed by atoms with Crippen LogP contribution in [0.3, 0.4) is 0 Å². The first-order valence-corrected chi connectivity index (χ1v) is 8.00. The molecule has 1 saturated heterocycles. The molecule has 1 aliphatic rings. The Labute approximate surface area is 119 Å². The third kappa shape index (κ3) is 6.95. The van der Waals surface area contributed by atoms with Crippen LogP contribution >= 0.6 is 0 Å². The molecule has 19 heavy (non-hydrogen) atoms. The van der Waals surface area contributed by atoms with Crippen LogP contribution in [-0.2, 0) is 4.79 Å². The number of piperidine rings is 1. The summed E-state index contributed by atoms with van der Waals surface area (Å²) < 4.78 is 0. The molecule has 0 aromatic carbocycles. The maximum absolute atomic E-state index is 12.0. The smallest absolute Gasteiger partial charge is 0.222 e. The highest BCUT2D eigenvalue weighted by atomic mass is 16.2. The summed E-state index contributed by atoms with van der Waals surface area (Å²) in [6, 6.07) is 0.581. The zero-order chi connectivity index (χ0) is 14.3. The Hall–Kier alpha value is -0.570. The van der Waals surface area contributed by atoms with Crippen LogP contribution in [0.1, 0.15) is 59.8 Å². The normalized spacial score (nSPS) is 17.5. The van der Waals surface area contributed by atoms with E-state index < -0.39 is 0 Å². The number of nitrogens with one attached hydrogen (secondary N) is 1. The molecule has 1 rings (SSSR count). The van der Waals surface area contributed by atoms with Gasteiger partial charge in [-0.05, 0) is 44.1 Å². The minimum Gasteiger partial charge on any atom is -0.343 e. The lowest BCUT2D eigenvalue weighted by molar-refractivity contribution is -0.132. The number of carbonyl (C=O) groups is 1. The molecule has 0 atom stereocenters. The van der Waals surface area contributed by atoms with E-state index in [1.54, 1.807) is 0 Å². The van der Waals surface area contributed by atoms with Crippen molar-refractivity contribution in [3.63, 3.8) is 0 Å². The van der Waals surface area contributed by atoms with Gasteiger partial charge in [-0.25, -0.2) is 0 Å². The van der Waals surface area contributed by atoms with Crippen molar-refractivity contribution in [3.8, 4) is 0 Å². The van der Waals surface area contributed by atoms with Gasteiger partial charge in [0.05, 0.1) is 0 Å². The Morgan fingerprint density at radius 3 is 2.37 bits per heavy atom. The summed E-state index contributed by atoms with van der Waals surface area (Å²) in [6.45, 7) is 11.8. The minimum absolute atomic E-state index is 0.368. The van der Waals surface area contributed by atoms with Crippen LogP contribution in [0.2, 0.25) is 0 Å². The van der Waals surface area contributed by atoms with Gasteiger partial charge in [0.15, 0.2) is 0 Å². The van der Waals surface area contributed by atoms with Crippen molar-refractivity contribution < 1.29 is 4.79 Å². The molecule has 0 saturated carbocycles. The molecular weight excluding hydrogens is 236 g/mol. The van der Waals surface area contributed by atoms with Crippen LogP contribution in [0.15, 0.2) is 0 Å². The predicted molar refractivity (Wildman–Crippen MR) is 81.1 cm³/mol. The van der Waals surface area contributed by atoms with Gasteiger partial charge in [-0.3, -0.25) is 4.79 Å². The molecule has 0 bridgehead atoms. The third-order valence-corrected chi connectivity index (χ3v) is 4.01. The van der Waals surface area contributed by atoms with E-state index in [4.69, 9.17) is 0 Å². The Morgan fingerprint density at radius 1 is 1.21 bits per heavy atom. The van der Waals surface area contributed by atoms with Gasteiger partial charge in [0, 0.05) is 25.6 Å². The van der Waals surface area contributed by atoms with Gasteiger partial charge in [0.1, 0.15) is 0 Å². The number of likely N-dealkylation sites (tertiary alicyclic amines) is 1. The van der Waals surface area contributed by atoms with E-state index in [0.29, 0.717) is 17.9 Å². The lowest BCUT2D eigenvalue weighted by Gasteiger charge is -2.32. The summed E-state index contributed by atoms with van der Waals surface area (Å²) >= 11 is 0. The van der Waals surface area contributed by atoms with Crippen molar-refractivity contribution in [1.82, 2.24) is 10.2 Å². The Kier molecular flexibility index (Phi) is 7.44. The molecule has 0 aromatic heterocycles. The number of rotatable bonds is 7. The first-order valence-electron chi connectivity index (χ1n) is 8.00. The van der Waals surface area contributed by atoms with Gasteiger partial charge in [0.2, 0.25) is 5.91 Å². The highest BCUT2D eigenvalue weighted by molar-refractivity contribution is 5.76. The first kappa shape index (κ1) is 16.5. The third-order valence-electron chi connectivity index (χ3n) is 4.01. The fourth-order valence-corrected chi connectivity index (χ4v) is 2.62. The van der Waals surface area contributed by atoms with Gasteiger partial charge in [-0.2, -0.15) is 0 Å². The van der Waals surface area contributed by atoms with Crippen LogP contribution in [0.4, 0.5) is 0 Å². The largest absolute Gasteiger partial charge is 0.343 e. The van der Waals surface area contributed by atoms with E-state index in [1.807, 2.05) is 0 Å². The van der Waals surface area contributed by atoms with E-state index in [0.717, 1.165) is 38.4 Å². The lowest BCUT2D eigenvalue weighted by atomic mass is 9.93. The summed E-state index contributed by atoms with van der Waals surface area (Å²) in [5, 5.41) is 3.48. The van der Waals surface area contributed by atoms with E-state index in [1.165, 1.54) is 19.3 Å². The quantitative estimate of drug-likeness (QED) is 0.769. The Morgan fingerprint density at radius 2 is 1.84 bits per heavy atom. The summed E-state index contributed by atoms with van der Waals surface area (Å²) in [5.41, 5.74) is 0. The summed E-state index contributed by atoms with van der Waals surface area (Å²) in [6.07, 6.45) is 5.39. The van der Waals surface area contributed by atoms with Crippen LogP contribution in [-0.4, -0.2) is 36.5 Å². The molecule has 3 nitrogen and oxygen atoms in total. The van der Waals surface area contributed by atoms with Crippen molar-refractivity contribution in [3.05, 3.63) is 0 Å². The fraction of sp³-hybridized carbons (Fsp3) is 0.938. The highest BCUT2D eigenvalue weighted by Gasteiger charge is 2.22. The molecular formula is C16H32N2O. The molecule has 1 fully saturated rings. The van der Waals surface area contributed by atoms with Gasteiger partial charge in [-0.15, -0.1) is 0 Å². The monoisotopic (exact) mass is 268 g/mol. The molecule has 1 N–H and O–H groups in total. The van der Waals surface area contributed by atoms with Crippen molar-refractivity contribution >= 4 is 5.91 Å². The molecule has 0 unspecified atom stereocenters. The second-order valence-electron chi connectivity index (χ2n) is 6.65. The molecule has 112 valence electrons. The molecule has 1 amide bonds. The van der Waals surface area contributed by atoms with Gasteiger partial charge >= 0.3 is 0 Å². The summed E-state index contributed by atoms with van der Waals surface area (Å²) in [5.74, 6) is 1.80. The van der Waals surface area contributed by atoms with Crippen LogP contribution in [0.25, 0.3) is 0 Å². The Bertz CT molecular complexity index is 255. The van der Waals surface area contributed by atoms with Crippen molar-refractivity contribution in [2.24, 2.45) is 11.8 Å². The SMILES string of the molecule is CC(C)CCC(=O)N1CCC(CCNC(C)C)CC1. The van der Waals surface area contributed by atoms with Gasteiger partial charge < -0.3 is 10.2 Å². The van der Waals surface area contributed by atoms with Gasteiger partial charge in [0.25, 0.3) is 0 Å². The molecule has 0 spiro atoms. The average Bonchev–Trinajstić information content (AvgIpc) is 2.36.